The Morgan fingerprint density at radius 2 is 2.17 bits per heavy atom. The molecule has 0 fully saturated rings. The van der Waals surface area contributed by atoms with Gasteiger partial charge in [0.15, 0.2) is 0 Å². The molecule has 0 saturated heterocycles. The summed E-state index contributed by atoms with van der Waals surface area (Å²) in [4.78, 5) is 0. The van der Waals surface area contributed by atoms with Gasteiger partial charge in [0.25, 0.3) is 0 Å². The highest BCUT2D eigenvalue weighted by atomic mass is 35.5. The SMILES string of the molecule is C[C@@H](NO)c1cc(Cl)ccc1O. The molecule has 0 aliphatic rings. The molecule has 0 heterocycles. The van der Waals surface area contributed by atoms with Gasteiger partial charge < -0.3 is 10.3 Å². The first kappa shape index (κ1) is 9.32. The zero-order valence-electron chi connectivity index (χ0n) is 6.58. The summed E-state index contributed by atoms with van der Waals surface area (Å²) in [5, 5.41) is 18.5. The number of hydroxylamine groups is 1. The molecule has 1 rings (SSSR count). The number of aromatic hydroxyl groups is 1. The lowest BCUT2D eigenvalue weighted by Gasteiger charge is -2.11. The summed E-state index contributed by atoms with van der Waals surface area (Å²) in [6.07, 6.45) is 0. The zero-order valence-corrected chi connectivity index (χ0v) is 7.34. The van der Waals surface area contributed by atoms with Crippen molar-refractivity contribution in [3.63, 3.8) is 0 Å². The highest BCUT2D eigenvalue weighted by Gasteiger charge is 2.08. The largest absolute Gasteiger partial charge is 0.508 e. The number of phenols is 1. The van der Waals surface area contributed by atoms with Crippen molar-refractivity contribution in [1.29, 1.82) is 0 Å². The van der Waals surface area contributed by atoms with Crippen molar-refractivity contribution in [2.45, 2.75) is 13.0 Å². The summed E-state index contributed by atoms with van der Waals surface area (Å²) in [6, 6.07) is 4.35. The predicted octanol–water partition coefficient (Wildman–Crippen LogP) is 2.09. The van der Waals surface area contributed by atoms with Crippen molar-refractivity contribution in [1.82, 2.24) is 5.48 Å². The summed E-state index contributed by atoms with van der Waals surface area (Å²) in [7, 11) is 0. The maximum atomic E-state index is 9.33. The van der Waals surface area contributed by atoms with Gasteiger partial charge >= 0.3 is 0 Å². The molecule has 0 unspecified atom stereocenters. The van der Waals surface area contributed by atoms with E-state index in [-0.39, 0.29) is 11.8 Å². The van der Waals surface area contributed by atoms with E-state index >= 15 is 0 Å². The number of nitrogens with one attached hydrogen (secondary N) is 1. The van der Waals surface area contributed by atoms with Crippen LogP contribution in [-0.2, 0) is 0 Å². The average molecular weight is 188 g/mol. The molecule has 1 atom stereocenters. The number of halogens is 1. The lowest BCUT2D eigenvalue weighted by Crippen LogP contribution is -2.13. The van der Waals surface area contributed by atoms with E-state index in [9.17, 15) is 5.11 Å². The van der Waals surface area contributed by atoms with Crippen LogP contribution in [0.15, 0.2) is 18.2 Å². The quantitative estimate of drug-likeness (QED) is 0.622. The topological polar surface area (TPSA) is 52.5 Å². The van der Waals surface area contributed by atoms with Crippen LogP contribution >= 0.6 is 11.6 Å². The minimum atomic E-state index is -0.330. The van der Waals surface area contributed by atoms with E-state index in [2.05, 4.69) is 0 Å². The molecule has 0 saturated carbocycles. The molecule has 0 aromatic heterocycles. The first-order chi connectivity index (χ1) is 5.65. The minimum absolute atomic E-state index is 0.119. The van der Waals surface area contributed by atoms with Gasteiger partial charge in [0.1, 0.15) is 5.75 Å². The average Bonchev–Trinajstić information content (AvgIpc) is 2.08. The van der Waals surface area contributed by atoms with Crippen molar-refractivity contribution >= 4 is 11.6 Å². The van der Waals surface area contributed by atoms with E-state index in [0.29, 0.717) is 10.6 Å². The standard InChI is InChI=1S/C8H10ClNO2/c1-5(10-12)7-4-6(9)2-3-8(7)11/h2-5,10-12H,1H3/t5-/m1/s1. The lowest BCUT2D eigenvalue weighted by molar-refractivity contribution is 0.132. The molecule has 1 aromatic carbocycles. The van der Waals surface area contributed by atoms with Crippen LogP contribution in [-0.4, -0.2) is 10.3 Å². The van der Waals surface area contributed by atoms with E-state index < -0.39 is 0 Å². The molecule has 4 heteroatoms. The Kier molecular flexibility index (Phi) is 2.92. The van der Waals surface area contributed by atoms with Crippen LogP contribution < -0.4 is 5.48 Å². The Balaban J connectivity index is 3.04. The zero-order chi connectivity index (χ0) is 9.14. The third-order valence-corrected chi connectivity index (χ3v) is 1.88. The van der Waals surface area contributed by atoms with Gasteiger partial charge in [0.05, 0.1) is 6.04 Å². The van der Waals surface area contributed by atoms with Crippen molar-refractivity contribution in [3.8, 4) is 5.75 Å². The molecular formula is C8H10ClNO2. The monoisotopic (exact) mass is 187 g/mol. The van der Waals surface area contributed by atoms with Crippen LogP contribution in [0.1, 0.15) is 18.5 Å². The van der Waals surface area contributed by atoms with Crippen molar-refractivity contribution in [2.75, 3.05) is 0 Å². The smallest absolute Gasteiger partial charge is 0.120 e. The molecule has 12 heavy (non-hydrogen) atoms. The summed E-state index contributed by atoms with van der Waals surface area (Å²) < 4.78 is 0. The van der Waals surface area contributed by atoms with Crippen LogP contribution in [0.5, 0.6) is 5.75 Å². The molecule has 1 aromatic rings. The lowest BCUT2D eigenvalue weighted by atomic mass is 10.1. The molecule has 0 aliphatic carbocycles. The maximum Gasteiger partial charge on any atom is 0.120 e. The van der Waals surface area contributed by atoms with E-state index in [1.54, 1.807) is 19.1 Å². The summed E-state index contributed by atoms with van der Waals surface area (Å²) >= 11 is 5.70. The fourth-order valence-corrected chi connectivity index (χ4v) is 1.12. The fourth-order valence-electron chi connectivity index (χ4n) is 0.942. The van der Waals surface area contributed by atoms with Gasteiger partial charge in [-0.25, -0.2) is 0 Å². The molecular weight excluding hydrogens is 178 g/mol. The summed E-state index contributed by atoms with van der Waals surface area (Å²) in [5.41, 5.74) is 2.60. The first-order valence-corrected chi connectivity index (χ1v) is 3.91. The van der Waals surface area contributed by atoms with Crippen LogP contribution in [0.3, 0.4) is 0 Å². The van der Waals surface area contributed by atoms with Gasteiger partial charge in [-0.2, -0.15) is 5.48 Å². The highest BCUT2D eigenvalue weighted by Crippen LogP contribution is 2.26. The molecule has 3 nitrogen and oxygen atoms in total. The fraction of sp³-hybridized carbons (Fsp3) is 0.250. The number of rotatable bonds is 2. The van der Waals surface area contributed by atoms with Crippen molar-refractivity contribution in [3.05, 3.63) is 28.8 Å². The van der Waals surface area contributed by atoms with Gasteiger partial charge in [0.2, 0.25) is 0 Å². The maximum absolute atomic E-state index is 9.33. The first-order valence-electron chi connectivity index (χ1n) is 3.53. The van der Waals surface area contributed by atoms with Crippen LogP contribution in [0.4, 0.5) is 0 Å². The highest BCUT2D eigenvalue weighted by molar-refractivity contribution is 6.30. The van der Waals surface area contributed by atoms with Gasteiger partial charge in [-0.05, 0) is 25.1 Å². The predicted molar refractivity (Wildman–Crippen MR) is 46.5 cm³/mol. The van der Waals surface area contributed by atoms with E-state index in [1.807, 2.05) is 5.48 Å². The van der Waals surface area contributed by atoms with E-state index in [4.69, 9.17) is 16.8 Å². The summed E-state index contributed by atoms with van der Waals surface area (Å²) in [6.45, 7) is 1.71. The van der Waals surface area contributed by atoms with Crippen LogP contribution in [0, 0.1) is 0 Å². The number of hydrogen-bond donors (Lipinski definition) is 3. The normalized spacial score (nSPS) is 12.9. The Hall–Kier alpha value is -0.770. The van der Waals surface area contributed by atoms with E-state index in [0.717, 1.165) is 0 Å². The van der Waals surface area contributed by atoms with Gasteiger partial charge in [0, 0.05) is 10.6 Å². The number of phenolic OH excluding ortho intramolecular Hbond substituents is 1. The second-order valence-corrected chi connectivity index (χ2v) is 2.99. The second kappa shape index (κ2) is 3.76. The van der Waals surface area contributed by atoms with Crippen LogP contribution in [0.2, 0.25) is 5.02 Å². The van der Waals surface area contributed by atoms with Crippen molar-refractivity contribution in [2.24, 2.45) is 0 Å². The molecule has 0 spiro atoms. The van der Waals surface area contributed by atoms with Gasteiger partial charge in [-0.1, -0.05) is 11.6 Å². The van der Waals surface area contributed by atoms with E-state index in [1.165, 1.54) is 6.07 Å². The number of benzene rings is 1. The minimum Gasteiger partial charge on any atom is -0.508 e. The number of hydrogen-bond acceptors (Lipinski definition) is 3. The molecule has 0 amide bonds. The van der Waals surface area contributed by atoms with Gasteiger partial charge in [-0.15, -0.1) is 0 Å². The molecule has 66 valence electrons. The second-order valence-electron chi connectivity index (χ2n) is 2.55. The Labute approximate surface area is 75.6 Å². The van der Waals surface area contributed by atoms with Crippen molar-refractivity contribution < 1.29 is 10.3 Å². The van der Waals surface area contributed by atoms with Gasteiger partial charge in [-0.3, -0.25) is 0 Å². The van der Waals surface area contributed by atoms with Crippen LogP contribution in [0.25, 0.3) is 0 Å². The summed E-state index contributed by atoms with van der Waals surface area (Å²) in [5.74, 6) is 0.119. The third kappa shape index (κ3) is 1.88. The Morgan fingerprint density at radius 3 is 2.75 bits per heavy atom. The Morgan fingerprint density at radius 1 is 1.50 bits per heavy atom. The third-order valence-electron chi connectivity index (χ3n) is 1.65. The Bertz CT molecular complexity index is 278. The molecule has 0 aliphatic heterocycles. The molecule has 3 N–H and O–H groups in total. The molecule has 0 bridgehead atoms. The molecule has 0 radical (unpaired) electrons.